The number of esters is 2. The molecule has 0 aliphatic carbocycles. The van der Waals surface area contributed by atoms with Crippen LogP contribution in [0, 0.1) is 6.92 Å². The second-order valence-electron chi connectivity index (χ2n) is 5.50. The maximum Gasteiger partial charge on any atom is 0.336 e. The van der Waals surface area contributed by atoms with E-state index in [9.17, 15) is 9.59 Å². The zero-order valence-corrected chi connectivity index (χ0v) is 14.9. The fourth-order valence-corrected chi connectivity index (χ4v) is 2.26. The number of ether oxygens (including phenoxy) is 2. The highest BCUT2D eigenvalue weighted by molar-refractivity contribution is 6.17. The van der Waals surface area contributed by atoms with Gasteiger partial charge in [0.15, 0.2) is 0 Å². The normalized spacial score (nSPS) is 10.8. The van der Waals surface area contributed by atoms with Crippen LogP contribution in [0.15, 0.2) is 36.4 Å². The van der Waals surface area contributed by atoms with Gasteiger partial charge in [-0.3, -0.25) is 0 Å². The van der Waals surface area contributed by atoms with Crippen LogP contribution in [-0.4, -0.2) is 24.4 Å². The van der Waals surface area contributed by atoms with E-state index in [0.29, 0.717) is 12.4 Å². The highest BCUT2D eigenvalue weighted by Crippen LogP contribution is 2.16. The van der Waals surface area contributed by atoms with E-state index in [1.165, 1.54) is 0 Å². The number of unbranched alkanes of at least 4 members (excludes halogenated alkanes) is 5. The van der Waals surface area contributed by atoms with E-state index >= 15 is 0 Å². The van der Waals surface area contributed by atoms with Crippen LogP contribution in [0.1, 0.15) is 44.1 Å². The Labute approximate surface area is 148 Å². The van der Waals surface area contributed by atoms with Crippen molar-refractivity contribution in [3.63, 3.8) is 0 Å². The molecule has 1 rings (SSSR count). The molecule has 0 aliphatic rings. The van der Waals surface area contributed by atoms with Gasteiger partial charge in [-0.1, -0.05) is 43.9 Å². The van der Waals surface area contributed by atoms with Gasteiger partial charge in [0.2, 0.25) is 0 Å². The van der Waals surface area contributed by atoms with Crippen molar-refractivity contribution in [2.24, 2.45) is 0 Å². The van der Waals surface area contributed by atoms with Crippen molar-refractivity contribution in [1.29, 1.82) is 0 Å². The third-order valence-corrected chi connectivity index (χ3v) is 3.70. The summed E-state index contributed by atoms with van der Waals surface area (Å²) in [6.07, 6.45) is 8.51. The Morgan fingerprint density at radius 3 is 2.29 bits per heavy atom. The Morgan fingerprint density at radius 1 is 0.958 bits per heavy atom. The van der Waals surface area contributed by atoms with E-state index in [1.807, 2.05) is 19.1 Å². The smallest absolute Gasteiger partial charge is 0.336 e. The summed E-state index contributed by atoms with van der Waals surface area (Å²) >= 11 is 5.61. The largest absolute Gasteiger partial charge is 0.463 e. The van der Waals surface area contributed by atoms with Crippen LogP contribution in [0.25, 0.3) is 0 Å². The molecular weight excluding hydrogens is 328 g/mol. The van der Waals surface area contributed by atoms with Gasteiger partial charge in [-0.2, -0.15) is 0 Å². The molecule has 0 unspecified atom stereocenters. The monoisotopic (exact) mass is 352 g/mol. The minimum absolute atomic E-state index is 0.367. The second kappa shape index (κ2) is 12.6. The summed E-state index contributed by atoms with van der Waals surface area (Å²) in [4.78, 5) is 23.2. The molecule has 0 aromatic heterocycles. The summed E-state index contributed by atoms with van der Waals surface area (Å²) in [6, 6.07) is 7.18. The molecule has 24 heavy (non-hydrogen) atoms. The Balaban J connectivity index is 2.14. The molecule has 4 nitrogen and oxygen atoms in total. The number of carbonyl (C=O) groups is 2. The highest BCUT2D eigenvalue weighted by Gasteiger charge is 2.04. The van der Waals surface area contributed by atoms with Crippen molar-refractivity contribution in [2.75, 3.05) is 12.5 Å². The number of benzene rings is 1. The molecule has 0 saturated heterocycles. The van der Waals surface area contributed by atoms with Gasteiger partial charge >= 0.3 is 11.9 Å². The van der Waals surface area contributed by atoms with Gasteiger partial charge in [0, 0.05) is 18.0 Å². The number of aryl methyl sites for hydroxylation is 1. The molecule has 0 N–H and O–H groups in total. The number of alkyl halides is 1. The first-order valence-corrected chi connectivity index (χ1v) is 8.85. The van der Waals surface area contributed by atoms with Crippen LogP contribution >= 0.6 is 11.6 Å². The Hall–Kier alpha value is -1.81. The molecule has 0 atom stereocenters. The SMILES string of the molecule is Cc1ccccc1OC(=O)/C=C/C(=O)OCCCCCCCCCl. The number of halogens is 1. The molecule has 1 aromatic carbocycles. The van der Waals surface area contributed by atoms with Crippen molar-refractivity contribution in [1.82, 2.24) is 0 Å². The van der Waals surface area contributed by atoms with Gasteiger partial charge in [0.1, 0.15) is 5.75 Å². The van der Waals surface area contributed by atoms with E-state index in [-0.39, 0.29) is 0 Å². The molecule has 0 radical (unpaired) electrons. The molecule has 0 heterocycles. The first kappa shape index (κ1) is 20.2. The van der Waals surface area contributed by atoms with Crippen molar-refractivity contribution >= 4 is 23.5 Å². The Kier molecular flexibility index (Phi) is 10.6. The average molecular weight is 353 g/mol. The molecule has 0 saturated carbocycles. The lowest BCUT2D eigenvalue weighted by molar-refractivity contribution is -0.138. The van der Waals surface area contributed by atoms with E-state index in [2.05, 4.69) is 0 Å². The predicted molar refractivity (Wildman–Crippen MR) is 95.3 cm³/mol. The topological polar surface area (TPSA) is 52.6 Å². The maximum absolute atomic E-state index is 11.6. The van der Waals surface area contributed by atoms with Gasteiger partial charge in [-0.05, 0) is 31.4 Å². The number of rotatable bonds is 11. The van der Waals surface area contributed by atoms with Gasteiger partial charge in [-0.25, -0.2) is 9.59 Å². The highest BCUT2D eigenvalue weighted by atomic mass is 35.5. The summed E-state index contributed by atoms with van der Waals surface area (Å²) in [5.74, 6) is 0.0741. The first-order valence-electron chi connectivity index (χ1n) is 8.31. The number of hydrogen-bond acceptors (Lipinski definition) is 4. The molecule has 0 fully saturated rings. The number of para-hydroxylation sites is 1. The molecule has 5 heteroatoms. The molecule has 0 bridgehead atoms. The summed E-state index contributed by atoms with van der Waals surface area (Å²) in [6.45, 7) is 2.21. The van der Waals surface area contributed by atoms with Crippen LogP contribution in [0.3, 0.4) is 0 Å². The van der Waals surface area contributed by atoms with Gasteiger partial charge in [0.05, 0.1) is 6.61 Å². The van der Waals surface area contributed by atoms with Crippen LogP contribution in [0.4, 0.5) is 0 Å². The molecular formula is C19H25ClO4. The quantitative estimate of drug-likeness (QED) is 0.192. The third kappa shape index (κ3) is 9.36. The fourth-order valence-electron chi connectivity index (χ4n) is 2.07. The summed E-state index contributed by atoms with van der Waals surface area (Å²) in [5.41, 5.74) is 0.855. The second-order valence-corrected chi connectivity index (χ2v) is 5.88. The van der Waals surface area contributed by atoms with Crippen molar-refractivity contribution in [3.8, 4) is 5.75 Å². The maximum atomic E-state index is 11.6. The minimum atomic E-state index is -0.597. The molecule has 0 amide bonds. The lowest BCUT2D eigenvalue weighted by Gasteiger charge is -2.04. The van der Waals surface area contributed by atoms with Crippen molar-refractivity contribution < 1.29 is 19.1 Å². The lowest BCUT2D eigenvalue weighted by Crippen LogP contribution is -2.07. The van der Waals surface area contributed by atoms with Crippen molar-refractivity contribution in [2.45, 2.75) is 45.4 Å². The van der Waals surface area contributed by atoms with Crippen molar-refractivity contribution in [3.05, 3.63) is 42.0 Å². The van der Waals surface area contributed by atoms with Crippen LogP contribution in [0.2, 0.25) is 0 Å². The van der Waals surface area contributed by atoms with E-state index in [0.717, 1.165) is 62.1 Å². The molecule has 1 aromatic rings. The van der Waals surface area contributed by atoms with E-state index in [4.69, 9.17) is 21.1 Å². The van der Waals surface area contributed by atoms with Crippen LogP contribution in [-0.2, 0) is 14.3 Å². The summed E-state index contributed by atoms with van der Waals surface area (Å²) < 4.78 is 10.2. The summed E-state index contributed by atoms with van der Waals surface area (Å²) in [7, 11) is 0. The van der Waals surface area contributed by atoms with Gasteiger partial charge in [0.25, 0.3) is 0 Å². The minimum Gasteiger partial charge on any atom is -0.463 e. The predicted octanol–water partition coefficient (Wildman–Crippen LogP) is 4.58. The fraction of sp³-hybridized carbons (Fsp3) is 0.474. The Bertz CT molecular complexity index is 540. The molecule has 0 aliphatic heterocycles. The van der Waals surface area contributed by atoms with Crippen LogP contribution < -0.4 is 4.74 Å². The standard InChI is InChI=1S/C19H25ClO4/c1-16-10-6-7-11-17(16)24-19(22)13-12-18(21)23-15-9-5-3-2-4-8-14-20/h6-7,10-13H,2-5,8-9,14-15H2,1H3/b13-12+. The number of carbonyl (C=O) groups excluding carboxylic acids is 2. The number of hydrogen-bond donors (Lipinski definition) is 0. The first-order chi connectivity index (χ1) is 11.6. The lowest BCUT2D eigenvalue weighted by atomic mass is 10.1. The van der Waals surface area contributed by atoms with Crippen LogP contribution in [0.5, 0.6) is 5.75 Å². The molecule has 132 valence electrons. The van der Waals surface area contributed by atoms with Gasteiger partial charge in [-0.15, -0.1) is 11.6 Å². The van der Waals surface area contributed by atoms with Gasteiger partial charge < -0.3 is 9.47 Å². The zero-order valence-electron chi connectivity index (χ0n) is 14.1. The average Bonchev–Trinajstić information content (AvgIpc) is 2.57. The molecule has 0 spiro atoms. The zero-order chi connectivity index (χ0) is 17.6. The van der Waals surface area contributed by atoms with E-state index < -0.39 is 11.9 Å². The van der Waals surface area contributed by atoms with E-state index in [1.54, 1.807) is 12.1 Å². The Morgan fingerprint density at radius 2 is 1.58 bits per heavy atom. The summed E-state index contributed by atoms with van der Waals surface area (Å²) in [5, 5.41) is 0. The third-order valence-electron chi connectivity index (χ3n) is 3.43.